The number of cyclic esters (lactones) is 1. The van der Waals surface area contributed by atoms with Crippen molar-refractivity contribution in [2.75, 3.05) is 0 Å². The fourth-order valence-electron chi connectivity index (χ4n) is 1.78. The molecular weight excluding hydrogens is 190 g/mol. The Morgan fingerprint density at radius 1 is 1.27 bits per heavy atom. The van der Waals surface area contributed by atoms with Crippen LogP contribution in [0.5, 0.6) is 0 Å². The predicted octanol–water partition coefficient (Wildman–Crippen LogP) is 2.13. The van der Waals surface area contributed by atoms with Gasteiger partial charge in [-0.25, -0.2) is 0 Å². The molecule has 15 heavy (non-hydrogen) atoms. The summed E-state index contributed by atoms with van der Waals surface area (Å²) in [5.74, 6) is -0.850. The molecule has 78 valence electrons. The van der Waals surface area contributed by atoms with Gasteiger partial charge in [0.2, 0.25) is 0 Å². The van der Waals surface area contributed by atoms with Gasteiger partial charge in [0.25, 0.3) is 0 Å². The van der Waals surface area contributed by atoms with Crippen LogP contribution in [0.2, 0.25) is 0 Å². The molecule has 3 heteroatoms. The van der Waals surface area contributed by atoms with Crippen LogP contribution in [0, 0.1) is 5.41 Å². The molecule has 1 fully saturated rings. The van der Waals surface area contributed by atoms with Gasteiger partial charge in [-0.2, -0.15) is 0 Å². The molecule has 1 aliphatic heterocycles. The van der Waals surface area contributed by atoms with E-state index in [1.165, 1.54) is 0 Å². The van der Waals surface area contributed by atoms with Crippen LogP contribution in [0.25, 0.3) is 0 Å². The number of esters is 1. The first-order valence-corrected chi connectivity index (χ1v) is 4.89. The highest BCUT2D eigenvalue weighted by atomic mass is 16.6. The standard InChI is InChI=1S/C12H13NO2/c1-12(2)10(13)9(11(14)15-12)8-6-4-3-5-7-8/h3-7,9,13H,1-2H3. The van der Waals surface area contributed by atoms with Crippen molar-refractivity contribution in [1.82, 2.24) is 0 Å². The summed E-state index contributed by atoms with van der Waals surface area (Å²) >= 11 is 0. The Kier molecular flexibility index (Phi) is 2.11. The van der Waals surface area contributed by atoms with Crippen LogP contribution in [0.1, 0.15) is 25.3 Å². The van der Waals surface area contributed by atoms with Gasteiger partial charge in [0.05, 0.1) is 5.71 Å². The van der Waals surface area contributed by atoms with E-state index in [0.717, 1.165) is 5.56 Å². The molecule has 1 aliphatic rings. The third-order valence-electron chi connectivity index (χ3n) is 2.66. The van der Waals surface area contributed by atoms with E-state index >= 15 is 0 Å². The van der Waals surface area contributed by atoms with Gasteiger partial charge in [-0.05, 0) is 19.4 Å². The highest BCUT2D eigenvalue weighted by Crippen LogP contribution is 2.33. The van der Waals surface area contributed by atoms with E-state index in [9.17, 15) is 4.79 Å². The third-order valence-corrected chi connectivity index (χ3v) is 2.66. The Labute approximate surface area is 88.6 Å². The summed E-state index contributed by atoms with van der Waals surface area (Å²) in [5, 5.41) is 7.93. The fraction of sp³-hybridized carbons (Fsp3) is 0.333. The van der Waals surface area contributed by atoms with Gasteiger partial charge in [-0.3, -0.25) is 4.79 Å². The maximum Gasteiger partial charge on any atom is 0.320 e. The largest absolute Gasteiger partial charge is 0.453 e. The molecule has 0 bridgehead atoms. The quantitative estimate of drug-likeness (QED) is 0.711. The SMILES string of the molecule is CC1(C)OC(=O)C(c2ccccc2)C1=N. The molecule has 0 spiro atoms. The van der Waals surface area contributed by atoms with Gasteiger partial charge in [-0.1, -0.05) is 30.3 Å². The van der Waals surface area contributed by atoms with Crippen LogP contribution in [-0.2, 0) is 9.53 Å². The average molecular weight is 203 g/mol. The summed E-state index contributed by atoms with van der Waals surface area (Å²) in [6, 6.07) is 9.31. The molecular formula is C12H13NO2. The first-order chi connectivity index (χ1) is 7.02. The summed E-state index contributed by atoms with van der Waals surface area (Å²) in [7, 11) is 0. The second-order valence-electron chi connectivity index (χ2n) is 4.19. The van der Waals surface area contributed by atoms with Gasteiger partial charge in [0.1, 0.15) is 11.5 Å². The van der Waals surface area contributed by atoms with Crippen LogP contribution in [0.3, 0.4) is 0 Å². The lowest BCUT2D eigenvalue weighted by Crippen LogP contribution is -2.28. The second kappa shape index (κ2) is 3.19. The van der Waals surface area contributed by atoms with E-state index in [1.807, 2.05) is 30.3 Å². The molecule has 0 amide bonds. The minimum absolute atomic E-state index is 0.323. The summed E-state index contributed by atoms with van der Waals surface area (Å²) in [4.78, 5) is 11.6. The van der Waals surface area contributed by atoms with Crippen molar-refractivity contribution >= 4 is 11.7 Å². The van der Waals surface area contributed by atoms with Crippen molar-refractivity contribution in [2.24, 2.45) is 0 Å². The number of rotatable bonds is 1. The van der Waals surface area contributed by atoms with Crippen LogP contribution in [0.15, 0.2) is 30.3 Å². The van der Waals surface area contributed by atoms with Gasteiger partial charge >= 0.3 is 5.97 Å². The molecule has 0 aromatic heterocycles. The Morgan fingerprint density at radius 3 is 2.33 bits per heavy atom. The number of benzene rings is 1. The molecule has 1 atom stereocenters. The summed E-state index contributed by atoms with van der Waals surface area (Å²) in [5.41, 5.74) is 0.397. The van der Waals surface area contributed by atoms with Crippen LogP contribution in [-0.4, -0.2) is 17.3 Å². The first kappa shape index (κ1) is 9.90. The molecule has 1 heterocycles. The molecule has 0 radical (unpaired) electrons. The molecule has 2 rings (SSSR count). The minimum atomic E-state index is -0.766. The average Bonchev–Trinajstić information content (AvgIpc) is 2.38. The molecule has 1 saturated heterocycles. The van der Waals surface area contributed by atoms with Gasteiger partial charge in [0, 0.05) is 0 Å². The number of ether oxygens (including phenoxy) is 1. The maximum absolute atomic E-state index is 11.6. The first-order valence-electron chi connectivity index (χ1n) is 4.89. The highest BCUT2D eigenvalue weighted by molar-refractivity contribution is 6.14. The number of hydrogen-bond donors (Lipinski definition) is 1. The van der Waals surface area contributed by atoms with Crippen molar-refractivity contribution in [3.63, 3.8) is 0 Å². The summed E-state index contributed by atoms with van der Waals surface area (Å²) in [6.45, 7) is 3.49. The molecule has 0 saturated carbocycles. The Bertz CT molecular complexity index is 409. The zero-order chi connectivity index (χ0) is 11.1. The maximum atomic E-state index is 11.6. The van der Waals surface area contributed by atoms with E-state index in [1.54, 1.807) is 13.8 Å². The van der Waals surface area contributed by atoms with E-state index < -0.39 is 11.5 Å². The fourth-order valence-corrected chi connectivity index (χ4v) is 1.78. The minimum Gasteiger partial charge on any atom is -0.453 e. The molecule has 1 unspecified atom stereocenters. The Hall–Kier alpha value is -1.64. The van der Waals surface area contributed by atoms with E-state index in [2.05, 4.69) is 0 Å². The van der Waals surface area contributed by atoms with Gasteiger partial charge in [0.15, 0.2) is 0 Å². The zero-order valence-electron chi connectivity index (χ0n) is 8.78. The van der Waals surface area contributed by atoms with Crippen LogP contribution < -0.4 is 0 Å². The van der Waals surface area contributed by atoms with Crippen molar-refractivity contribution in [2.45, 2.75) is 25.4 Å². The number of hydrogen-bond acceptors (Lipinski definition) is 3. The van der Waals surface area contributed by atoms with Crippen molar-refractivity contribution in [3.8, 4) is 0 Å². The molecule has 3 nitrogen and oxygen atoms in total. The number of carbonyl (C=O) groups excluding carboxylic acids is 1. The van der Waals surface area contributed by atoms with Crippen molar-refractivity contribution < 1.29 is 9.53 Å². The highest BCUT2D eigenvalue weighted by Gasteiger charge is 2.46. The molecule has 1 aromatic carbocycles. The van der Waals surface area contributed by atoms with E-state index in [-0.39, 0.29) is 5.97 Å². The lowest BCUT2D eigenvalue weighted by atomic mass is 9.89. The smallest absolute Gasteiger partial charge is 0.320 e. The molecule has 0 aliphatic carbocycles. The Balaban J connectivity index is 2.40. The van der Waals surface area contributed by atoms with Crippen molar-refractivity contribution in [3.05, 3.63) is 35.9 Å². The van der Waals surface area contributed by atoms with Crippen molar-refractivity contribution in [1.29, 1.82) is 5.41 Å². The summed E-state index contributed by atoms with van der Waals surface area (Å²) < 4.78 is 5.16. The van der Waals surface area contributed by atoms with Gasteiger partial charge < -0.3 is 10.1 Å². The van der Waals surface area contributed by atoms with E-state index in [0.29, 0.717) is 5.71 Å². The monoisotopic (exact) mass is 203 g/mol. The normalized spacial score (nSPS) is 24.0. The number of nitrogens with one attached hydrogen (secondary N) is 1. The molecule has 1 aromatic rings. The zero-order valence-corrected chi connectivity index (χ0v) is 8.78. The Morgan fingerprint density at radius 2 is 1.87 bits per heavy atom. The third kappa shape index (κ3) is 1.54. The van der Waals surface area contributed by atoms with Gasteiger partial charge in [-0.15, -0.1) is 0 Å². The van der Waals surface area contributed by atoms with E-state index in [4.69, 9.17) is 10.1 Å². The summed E-state index contributed by atoms with van der Waals surface area (Å²) in [6.07, 6.45) is 0. The molecule has 1 N–H and O–H groups in total. The topological polar surface area (TPSA) is 50.2 Å². The lowest BCUT2D eigenvalue weighted by molar-refractivity contribution is -0.146. The number of carbonyl (C=O) groups is 1. The van der Waals surface area contributed by atoms with Crippen LogP contribution >= 0.6 is 0 Å². The lowest BCUT2D eigenvalue weighted by Gasteiger charge is -2.16. The predicted molar refractivity (Wildman–Crippen MR) is 57.1 cm³/mol. The second-order valence-corrected chi connectivity index (χ2v) is 4.19. The van der Waals surface area contributed by atoms with Crippen LogP contribution in [0.4, 0.5) is 0 Å².